The molecular formula is C10H14FNOS. The zero-order chi connectivity index (χ0) is 9.80. The summed E-state index contributed by atoms with van der Waals surface area (Å²) < 4.78 is 17.6. The summed E-state index contributed by atoms with van der Waals surface area (Å²) in [6.45, 7) is 2.83. The Balaban J connectivity index is 1.86. The number of alkyl halides is 1. The van der Waals surface area contributed by atoms with Gasteiger partial charge in [-0.15, -0.1) is 11.3 Å². The quantitative estimate of drug-likeness (QED) is 0.763. The van der Waals surface area contributed by atoms with E-state index in [2.05, 4.69) is 16.3 Å². The average Bonchev–Trinajstić information content (AvgIpc) is 2.71. The van der Waals surface area contributed by atoms with Gasteiger partial charge in [0.1, 0.15) is 6.67 Å². The van der Waals surface area contributed by atoms with Crippen LogP contribution in [-0.2, 0) is 11.3 Å². The van der Waals surface area contributed by atoms with Crippen LogP contribution in [0.3, 0.4) is 0 Å². The van der Waals surface area contributed by atoms with Gasteiger partial charge in [-0.2, -0.15) is 0 Å². The van der Waals surface area contributed by atoms with Gasteiger partial charge in [0.2, 0.25) is 0 Å². The van der Waals surface area contributed by atoms with E-state index in [0.29, 0.717) is 13.2 Å². The number of hydrogen-bond acceptors (Lipinski definition) is 3. The third-order valence-electron chi connectivity index (χ3n) is 2.35. The van der Waals surface area contributed by atoms with Crippen LogP contribution < -0.4 is 0 Å². The molecule has 0 unspecified atom stereocenters. The minimum Gasteiger partial charge on any atom is -0.373 e. The molecule has 0 aliphatic carbocycles. The minimum absolute atomic E-state index is 0.219. The fraction of sp³-hybridized carbons (Fsp3) is 0.600. The topological polar surface area (TPSA) is 12.5 Å². The van der Waals surface area contributed by atoms with Gasteiger partial charge < -0.3 is 4.74 Å². The molecule has 2 heterocycles. The summed E-state index contributed by atoms with van der Waals surface area (Å²) in [5, 5.41) is 2.07. The Bertz CT molecular complexity index is 265. The van der Waals surface area contributed by atoms with Crippen LogP contribution in [0.4, 0.5) is 4.39 Å². The molecule has 1 atom stereocenters. The highest BCUT2D eigenvalue weighted by Gasteiger charge is 2.20. The molecule has 0 N–H and O–H groups in total. The largest absolute Gasteiger partial charge is 0.373 e. The molecule has 1 aliphatic heterocycles. The minimum atomic E-state index is -0.374. The Labute approximate surface area is 87.3 Å². The highest BCUT2D eigenvalue weighted by Crippen LogP contribution is 2.14. The fourth-order valence-corrected chi connectivity index (χ4v) is 2.39. The van der Waals surface area contributed by atoms with Crippen LogP contribution in [0.25, 0.3) is 0 Å². The molecule has 1 fully saturated rings. The molecule has 14 heavy (non-hydrogen) atoms. The first kappa shape index (κ1) is 10.1. The Morgan fingerprint density at radius 3 is 3.29 bits per heavy atom. The van der Waals surface area contributed by atoms with Crippen molar-refractivity contribution in [3.8, 4) is 0 Å². The zero-order valence-corrected chi connectivity index (χ0v) is 8.80. The molecule has 4 heteroatoms. The lowest BCUT2D eigenvalue weighted by Crippen LogP contribution is -2.42. The summed E-state index contributed by atoms with van der Waals surface area (Å²) in [6.07, 6.45) is -0.219. The Morgan fingerprint density at radius 2 is 2.57 bits per heavy atom. The van der Waals surface area contributed by atoms with E-state index in [1.54, 1.807) is 11.3 Å². The van der Waals surface area contributed by atoms with E-state index in [4.69, 9.17) is 4.74 Å². The normalized spacial score (nSPS) is 23.9. The van der Waals surface area contributed by atoms with Crippen LogP contribution in [0.5, 0.6) is 0 Å². The second-order valence-corrected chi connectivity index (χ2v) is 4.49. The van der Waals surface area contributed by atoms with Crippen LogP contribution in [0.2, 0.25) is 0 Å². The molecule has 0 aromatic carbocycles. The van der Waals surface area contributed by atoms with E-state index < -0.39 is 0 Å². The maximum atomic E-state index is 12.4. The summed E-state index contributed by atoms with van der Waals surface area (Å²) in [7, 11) is 0. The summed E-state index contributed by atoms with van der Waals surface area (Å²) in [5.41, 5.74) is 0. The van der Waals surface area contributed by atoms with Crippen molar-refractivity contribution in [1.29, 1.82) is 0 Å². The number of rotatable bonds is 3. The molecule has 0 bridgehead atoms. The van der Waals surface area contributed by atoms with E-state index in [-0.39, 0.29) is 12.8 Å². The molecule has 2 nitrogen and oxygen atoms in total. The summed E-state index contributed by atoms with van der Waals surface area (Å²) >= 11 is 1.75. The zero-order valence-electron chi connectivity index (χ0n) is 7.99. The number of halogens is 1. The number of ether oxygens (including phenoxy) is 1. The van der Waals surface area contributed by atoms with Gasteiger partial charge >= 0.3 is 0 Å². The molecule has 0 radical (unpaired) electrons. The van der Waals surface area contributed by atoms with Crippen LogP contribution in [0, 0.1) is 0 Å². The molecule has 0 spiro atoms. The van der Waals surface area contributed by atoms with Crippen molar-refractivity contribution < 1.29 is 9.13 Å². The monoisotopic (exact) mass is 215 g/mol. The molecule has 1 aromatic rings. The molecule has 1 aromatic heterocycles. The Kier molecular flexibility index (Phi) is 3.50. The van der Waals surface area contributed by atoms with Gasteiger partial charge in [0.05, 0.1) is 12.7 Å². The van der Waals surface area contributed by atoms with Crippen molar-refractivity contribution in [2.24, 2.45) is 0 Å². The van der Waals surface area contributed by atoms with Crippen molar-refractivity contribution in [2.75, 3.05) is 26.4 Å². The predicted molar refractivity (Wildman–Crippen MR) is 55.3 cm³/mol. The summed E-state index contributed by atoms with van der Waals surface area (Å²) in [6, 6.07) is 4.16. The standard InChI is InChI=1S/C10H14FNOS/c11-6-9-7-12(3-4-13-9)8-10-2-1-5-14-10/h1-2,5,9H,3-4,6-8H2/t9-/m1/s1. The molecular weight excluding hydrogens is 201 g/mol. The van der Waals surface area contributed by atoms with Crippen molar-refractivity contribution in [2.45, 2.75) is 12.6 Å². The number of hydrogen-bond donors (Lipinski definition) is 0. The first-order chi connectivity index (χ1) is 6.88. The second-order valence-electron chi connectivity index (χ2n) is 3.46. The second kappa shape index (κ2) is 4.87. The third-order valence-corrected chi connectivity index (χ3v) is 3.22. The molecule has 0 saturated carbocycles. The summed E-state index contributed by atoms with van der Waals surface area (Å²) in [5.74, 6) is 0. The smallest absolute Gasteiger partial charge is 0.117 e. The van der Waals surface area contributed by atoms with Gasteiger partial charge in [0.25, 0.3) is 0 Å². The van der Waals surface area contributed by atoms with E-state index in [9.17, 15) is 4.39 Å². The van der Waals surface area contributed by atoms with Gasteiger partial charge in [-0.3, -0.25) is 4.90 Å². The van der Waals surface area contributed by atoms with Crippen LogP contribution >= 0.6 is 11.3 Å². The van der Waals surface area contributed by atoms with Crippen molar-refractivity contribution in [1.82, 2.24) is 4.90 Å². The number of thiophene rings is 1. The van der Waals surface area contributed by atoms with E-state index in [1.807, 2.05) is 6.07 Å². The number of nitrogens with zero attached hydrogens (tertiary/aromatic N) is 1. The predicted octanol–water partition coefficient (Wildman–Crippen LogP) is 1.92. The molecule has 1 saturated heterocycles. The van der Waals surface area contributed by atoms with E-state index in [0.717, 1.165) is 13.1 Å². The van der Waals surface area contributed by atoms with Gasteiger partial charge in [0, 0.05) is 24.5 Å². The van der Waals surface area contributed by atoms with Gasteiger partial charge in [-0.1, -0.05) is 6.07 Å². The highest BCUT2D eigenvalue weighted by atomic mass is 32.1. The third kappa shape index (κ3) is 2.53. The van der Waals surface area contributed by atoms with Gasteiger partial charge in [0.15, 0.2) is 0 Å². The van der Waals surface area contributed by atoms with Gasteiger partial charge in [-0.05, 0) is 11.4 Å². The average molecular weight is 215 g/mol. The Morgan fingerprint density at radius 1 is 1.64 bits per heavy atom. The van der Waals surface area contributed by atoms with Crippen LogP contribution in [0.1, 0.15) is 4.88 Å². The number of morpholine rings is 1. The lowest BCUT2D eigenvalue weighted by molar-refractivity contribution is -0.0409. The van der Waals surface area contributed by atoms with Crippen molar-refractivity contribution in [3.63, 3.8) is 0 Å². The maximum Gasteiger partial charge on any atom is 0.117 e. The molecule has 78 valence electrons. The maximum absolute atomic E-state index is 12.4. The van der Waals surface area contributed by atoms with Gasteiger partial charge in [-0.25, -0.2) is 4.39 Å². The first-order valence-electron chi connectivity index (χ1n) is 4.81. The molecule has 0 amide bonds. The first-order valence-corrected chi connectivity index (χ1v) is 5.69. The lowest BCUT2D eigenvalue weighted by atomic mass is 10.3. The van der Waals surface area contributed by atoms with E-state index >= 15 is 0 Å². The lowest BCUT2D eigenvalue weighted by Gasteiger charge is -2.31. The SMILES string of the molecule is FC[C@@H]1CN(Cc2cccs2)CCO1. The molecule has 2 rings (SSSR count). The van der Waals surface area contributed by atoms with Crippen LogP contribution in [-0.4, -0.2) is 37.4 Å². The van der Waals surface area contributed by atoms with Crippen LogP contribution in [0.15, 0.2) is 17.5 Å². The summed E-state index contributed by atoms with van der Waals surface area (Å²) in [4.78, 5) is 3.59. The van der Waals surface area contributed by atoms with E-state index in [1.165, 1.54) is 4.88 Å². The van der Waals surface area contributed by atoms with Crippen molar-refractivity contribution in [3.05, 3.63) is 22.4 Å². The highest BCUT2D eigenvalue weighted by molar-refractivity contribution is 7.09. The Hall–Kier alpha value is -0.450. The van der Waals surface area contributed by atoms with Crippen molar-refractivity contribution >= 4 is 11.3 Å². The molecule has 1 aliphatic rings. The fourth-order valence-electron chi connectivity index (χ4n) is 1.64.